The highest BCUT2D eigenvalue weighted by Crippen LogP contribution is 2.07. The van der Waals surface area contributed by atoms with Gasteiger partial charge in [-0.05, 0) is 12.3 Å². The lowest BCUT2D eigenvalue weighted by atomic mass is 10.0. The first kappa shape index (κ1) is 12.1. The van der Waals surface area contributed by atoms with Gasteiger partial charge in [0, 0.05) is 6.42 Å². The fourth-order valence-electron chi connectivity index (χ4n) is 1.03. The van der Waals surface area contributed by atoms with Crippen molar-refractivity contribution in [1.29, 1.82) is 0 Å². The molecular weight excluding hydrogens is 168 g/mol. The van der Waals surface area contributed by atoms with E-state index in [1.807, 2.05) is 0 Å². The zero-order valence-electron chi connectivity index (χ0n) is 8.63. The number of carbonyl (C=O) groups excluding carboxylic acids is 2. The summed E-state index contributed by atoms with van der Waals surface area (Å²) in [5, 5.41) is 0. The molecule has 0 aromatic rings. The third-order valence-corrected chi connectivity index (χ3v) is 1.81. The smallest absolute Gasteiger partial charge is 0.313 e. The summed E-state index contributed by atoms with van der Waals surface area (Å²) in [5.74, 6) is 0.160. The van der Waals surface area contributed by atoms with Gasteiger partial charge in [0.25, 0.3) is 0 Å². The number of ketones is 1. The van der Waals surface area contributed by atoms with E-state index in [0.717, 1.165) is 12.8 Å². The van der Waals surface area contributed by atoms with E-state index in [1.165, 1.54) is 7.11 Å². The van der Waals surface area contributed by atoms with E-state index in [4.69, 9.17) is 0 Å². The van der Waals surface area contributed by atoms with Crippen LogP contribution in [0.2, 0.25) is 0 Å². The van der Waals surface area contributed by atoms with Gasteiger partial charge >= 0.3 is 5.97 Å². The molecular formula is C10H18O3. The molecule has 0 aromatic carbocycles. The van der Waals surface area contributed by atoms with E-state index in [-0.39, 0.29) is 12.2 Å². The highest BCUT2D eigenvalue weighted by molar-refractivity contribution is 5.95. The Balaban J connectivity index is 3.46. The Kier molecular flexibility index (Phi) is 6.20. The first-order chi connectivity index (χ1) is 6.06. The van der Waals surface area contributed by atoms with Crippen LogP contribution >= 0.6 is 0 Å². The number of hydrogen-bond acceptors (Lipinski definition) is 3. The van der Waals surface area contributed by atoms with E-state index >= 15 is 0 Å². The summed E-state index contributed by atoms with van der Waals surface area (Å²) in [6.07, 6.45) is 2.32. The van der Waals surface area contributed by atoms with Crippen molar-refractivity contribution in [2.75, 3.05) is 7.11 Å². The number of methoxy groups -OCH3 is 1. The quantitative estimate of drug-likeness (QED) is 0.470. The molecule has 3 heteroatoms. The van der Waals surface area contributed by atoms with Crippen LogP contribution in [0.3, 0.4) is 0 Å². The van der Waals surface area contributed by atoms with Gasteiger partial charge in [0.1, 0.15) is 12.2 Å². The van der Waals surface area contributed by atoms with E-state index in [1.54, 1.807) is 0 Å². The van der Waals surface area contributed by atoms with Gasteiger partial charge in [0.15, 0.2) is 0 Å². The minimum absolute atomic E-state index is 0.0208. The average Bonchev–Trinajstić information content (AvgIpc) is 2.03. The van der Waals surface area contributed by atoms with Crippen LogP contribution < -0.4 is 0 Å². The summed E-state index contributed by atoms with van der Waals surface area (Å²) in [6.45, 7) is 4.23. The van der Waals surface area contributed by atoms with E-state index < -0.39 is 5.97 Å². The van der Waals surface area contributed by atoms with Crippen molar-refractivity contribution in [3.63, 3.8) is 0 Å². The summed E-state index contributed by atoms with van der Waals surface area (Å²) < 4.78 is 4.39. The average molecular weight is 186 g/mol. The third-order valence-electron chi connectivity index (χ3n) is 1.81. The molecule has 0 radical (unpaired) electrons. The second-order valence-electron chi connectivity index (χ2n) is 3.58. The third kappa shape index (κ3) is 7.50. The SMILES string of the molecule is COC(=O)CC(=O)CCCC(C)C. The zero-order chi connectivity index (χ0) is 10.3. The lowest BCUT2D eigenvalue weighted by molar-refractivity contribution is -0.143. The first-order valence-electron chi connectivity index (χ1n) is 4.64. The van der Waals surface area contributed by atoms with E-state index in [9.17, 15) is 9.59 Å². The lowest BCUT2D eigenvalue weighted by Crippen LogP contribution is -2.09. The summed E-state index contributed by atoms with van der Waals surface area (Å²) in [5.41, 5.74) is 0. The molecule has 0 heterocycles. The predicted molar refractivity (Wildman–Crippen MR) is 50.3 cm³/mol. The molecule has 0 rings (SSSR count). The molecule has 0 bridgehead atoms. The number of carbonyl (C=O) groups is 2. The summed E-state index contributed by atoms with van der Waals surface area (Å²) in [4.78, 5) is 21.8. The first-order valence-corrected chi connectivity index (χ1v) is 4.64. The largest absolute Gasteiger partial charge is 0.469 e. The van der Waals surface area contributed by atoms with Gasteiger partial charge in [-0.1, -0.05) is 20.3 Å². The molecule has 0 aliphatic carbocycles. The Morgan fingerprint density at radius 1 is 1.31 bits per heavy atom. The highest BCUT2D eigenvalue weighted by atomic mass is 16.5. The number of esters is 1. The Morgan fingerprint density at radius 2 is 1.92 bits per heavy atom. The molecule has 0 fully saturated rings. The minimum Gasteiger partial charge on any atom is -0.469 e. The summed E-state index contributed by atoms with van der Waals surface area (Å²) in [7, 11) is 1.30. The second-order valence-corrected chi connectivity index (χ2v) is 3.58. The van der Waals surface area contributed by atoms with Crippen LogP contribution in [0.4, 0.5) is 0 Å². The Labute approximate surface area is 79.5 Å². The van der Waals surface area contributed by atoms with Gasteiger partial charge < -0.3 is 4.74 Å². The summed E-state index contributed by atoms with van der Waals surface area (Å²) in [6, 6.07) is 0. The van der Waals surface area contributed by atoms with Crippen molar-refractivity contribution < 1.29 is 14.3 Å². The van der Waals surface area contributed by atoms with Gasteiger partial charge in [-0.2, -0.15) is 0 Å². The number of rotatable bonds is 6. The molecule has 0 aromatic heterocycles. The van der Waals surface area contributed by atoms with E-state index in [2.05, 4.69) is 18.6 Å². The maximum Gasteiger partial charge on any atom is 0.313 e. The predicted octanol–water partition coefficient (Wildman–Crippen LogP) is 1.94. The molecule has 0 saturated carbocycles. The molecule has 0 atom stereocenters. The molecule has 0 aliphatic heterocycles. The molecule has 0 amide bonds. The van der Waals surface area contributed by atoms with Gasteiger partial charge in [-0.15, -0.1) is 0 Å². The summed E-state index contributed by atoms with van der Waals surface area (Å²) >= 11 is 0. The van der Waals surface area contributed by atoms with Crippen LogP contribution in [0.25, 0.3) is 0 Å². The second kappa shape index (κ2) is 6.63. The molecule has 0 spiro atoms. The van der Waals surface area contributed by atoms with Crippen LogP contribution in [0.1, 0.15) is 39.5 Å². The van der Waals surface area contributed by atoms with Crippen molar-refractivity contribution in [3.05, 3.63) is 0 Å². The monoisotopic (exact) mass is 186 g/mol. The molecule has 3 nitrogen and oxygen atoms in total. The topological polar surface area (TPSA) is 43.4 Å². The maximum atomic E-state index is 11.1. The highest BCUT2D eigenvalue weighted by Gasteiger charge is 2.08. The fourth-order valence-corrected chi connectivity index (χ4v) is 1.03. The molecule has 13 heavy (non-hydrogen) atoms. The van der Waals surface area contributed by atoms with Crippen LogP contribution in [-0.2, 0) is 14.3 Å². The number of ether oxygens (including phenoxy) is 1. The minimum atomic E-state index is -0.436. The van der Waals surface area contributed by atoms with Gasteiger partial charge in [-0.25, -0.2) is 0 Å². The Morgan fingerprint density at radius 3 is 2.38 bits per heavy atom. The Hall–Kier alpha value is -0.860. The Bertz CT molecular complexity index is 173. The van der Waals surface area contributed by atoms with Crippen molar-refractivity contribution in [2.45, 2.75) is 39.5 Å². The molecule has 0 unspecified atom stereocenters. The van der Waals surface area contributed by atoms with Crippen LogP contribution in [0.5, 0.6) is 0 Å². The van der Waals surface area contributed by atoms with Gasteiger partial charge in [0.2, 0.25) is 0 Å². The van der Waals surface area contributed by atoms with Crippen molar-refractivity contribution in [2.24, 2.45) is 5.92 Å². The molecule has 0 N–H and O–H groups in total. The van der Waals surface area contributed by atoms with Crippen LogP contribution in [0.15, 0.2) is 0 Å². The van der Waals surface area contributed by atoms with Crippen LogP contribution in [-0.4, -0.2) is 18.9 Å². The van der Waals surface area contributed by atoms with Crippen molar-refractivity contribution in [1.82, 2.24) is 0 Å². The van der Waals surface area contributed by atoms with Gasteiger partial charge in [0.05, 0.1) is 7.11 Å². The zero-order valence-corrected chi connectivity index (χ0v) is 8.63. The van der Waals surface area contributed by atoms with Crippen LogP contribution in [0, 0.1) is 5.92 Å². The maximum absolute atomic E-state index is 11.1. The molecule has 0 saturated heterocycles. The number of hydrogen-bond donors (Lipinski definition) is 0. The molecule has 0 aliphatic rings. The van der Waals surface area contributed by atoms with Crippen molar-refractivity contribution in [3.8, 4) is 0 Å². The normalized spacial score (nSPS) is 10.2. The lowest BCUT2D eigenvalue weighted by Gasteiger charge is -2.02. The van der Waals surface area contributed by atoms with E-state index in [0.29, 0.717) is 12.3 Å². The van der Waals surface area contributed by atoms with Crippen molar-refractivity contribution >= 4 is 11.8 Å². The molecule has 76 valence electrons. The standard InChI is InChI=1S/C10H18O3/c1-8(2)5-4-6-9(11)7-10(12)13-3/h8H,4-7H2,1-3H3. The fraction of sp³-hybridized carbons (Fsp3) is 0.800. The number of Topliss-reactive ketones (excluding diaryl/α,β-unsaturated/α-hetero) is 1. The van der Waals surface area contributed by atoms with Gasteiger partial charge in [-0.3, -0.25) is 9.59 Å².